The second-order valence-corrected chi connectivity index (χ2v) is 5.64. The average molecular weight is 329 g/mol. The van der Waals surface area contributed by atoms with E-state index in [1.54, 1.807) is 17.4 Å². The standard InChI is InChI=1S/C13H14BrFN2S/c1-2-16-12(13-7-18-8-17-13)5-9-3-10(14)6-11(15)4-9/h3-4,6-8,12,16H,2,5H2,1H3. The van der Waals surface area contributed by atoms with Crippen LogP contribution in [0.3, 0.4) is 0 Å². The second kappa shape index (κ2) is 6.41. The molecule has 0 radical (unpaired) electrons. The van der Waals surface area contributed by atoms with Crippen molar-refractivity contribution in [3.05, 3.63) is 50.6 Å². The number of halogens is 2. The fourth-order valence-corrected chi connectivity index (χ4v) is 3.01. The molecule has 1 heterocycles. The topological polar surface area (TPSA) is 24.9 Å². The molecular weight excluding hydrogens is 315 g/mol. The van der Waals surface area contributed by atoms with Gasteiger partial charge in [0.1, 0.15) is 5.82 Å². The molecule has 18 heavy (non-hydrogen) atoms. The van der Waals surface area contributed by atoms with Crippen LogP contribution in [0, 0.1) is 5.82 Å². The fourth-order valence-electron chi connectivity index (χ4n) is 1.89. The van der Waals surface area contributed by atoms with Crippen LogP contribution in [-0.2, 0) is 6.42 Å². The summed E-state index contributed by atoms with van der Waals surface area (Å²) in [5.41, 5.74) is 3.80. The average Bonchev–Trinajstić information content (AvgIpc) is 2.80. The molecule has 0 aliphatic rings. The third-order valence-electron chi connectivity index (χ3n) is 2.62. The lowest BCUT2D eigenvalue weighted by molar-refractivity contribution is 0.536. The van der Waals surface area contributed by atoms with Gasteiger partial charge in [0, 0.05) is 9.85 Å². The number of hydrogen-bond acceptors (Lipinski definition) is 3. The number of thiazole rings is 1. The van der Waals surface area contributed by atoms with Crippen LogP contribution in [0.1, 0.15) is 24.2 Å². The van der Waals surface area contributed by atoms with Crippen molar-refractivity contribution in [2.45, 2.75) is 19.4 Å². The predicted molar refractivity (Wildman–Crippen MR) is 76.3 cm³/mol. The molecule has 0 amide bonds. The second-order valence-electron chi connectivity index (χ2n) is 4.01. The minimum absolute atomic E-state index is 0.134. The highest BCUT2D eigenvalue weighted by atomic mass is 79.9. The molecule has 2 aromatic rings. The zero-order valence-corrected chi connectivity index (χ0v) is 12.4. The van der Waals surface area contributed by atoms with Gasteiger partial charge in [0.25, 0.3) is 0 Å². The van der Waals surface area contributed by atoms with Gasteiger partial charge >= 0.3 is 0 Å². The van der Waals surface area contributed by atoms with Gasteiger partial charge in [0.05, 0.1) is 17.2 Å². The molecule has 0 saturated heterocycles. The molecule has 0 fully saturated rings. The number of hydrogen-bond donors (Lipinski definition) is 1. The number of likely N-dealkylation sites (N-methyl/N-ethyl adjacent to an activating group) is 1. The van der Waals surface area contributed by atoms with E-state index < -0.39 is 0 Å². The Morgan fingerprint density at radius 3 is 2.89 bits per heavy atom. The Hall–Kier alpha value is -0.780. The lowest BCUT2D eigenvalue weighted by Crippen LogP contribution is -2.23. The highest BCUT2D eigenvalue weighted by molar-refractivity contribution is 9.10. The Bertz CT molecular complexity index is 481. The normalized spacial score (nSPS) is 12.6. The van der Waals surface area contributed by atoms with E-state index in [0.29, 0.717) is 0 Å². The van der Waals surface area contributed by atoms with Gasteiger partial charge in [-0.2, -0.15) is 0 Å². The van der Waals surface area contributed by atoms with Crippen molar-refractivity contribution in [1.82, 2.24) is 10.3 Å². The maximum atomic E-state index is 13.3. The van der Waals surface area contributed by atoms with Gasteiger partial charge in [-0.25, -0.2) is 9.37 Å². The van der Waals surface area contributed by atoms with Gasteiger partial charge in [-0.1, -0.05) is 22.9 Å². The molecule has 0 spiro atoms. The van der Waals surface area contributed by atoms with E-state index in [4.69, 9.17) is 0 Å². The summed E-state index contributed by atoms with van der Waals surface area (Å²) in [7, 11) is 0. The van der Waals surface area contributed by atoms with Crippen molar-refractivity contribution in [3.8, 4) is 0 Å². The van der Waals surface area contributed by atoms with Crippen LogP contribution in [0.4, 0.5) is 4.39 Å². The third-order valence-corrected chi connectivity index (χ3v) is 3.68. The molecule has 1 atom stereocenters. The fraction of sp³-hybridized carbons (Fsp3) is 0.308. The van der Waals surface area contributed by atoms with E-state index in [0.717, 1.165) is 28.7 Å². The number of nitrogens with zero attached hydrogens (tertiary/aromatic N) is 1. The minimum atomic E-state index is -0.215. The maximum absolute atomic E-state index is 13.3. The van der Waals surface area contributed by atoms with Crippen LogP contribution < -0.4 is 5.32 Å². The molecule has 0 saturated carbocycles. The van der Waals surface area contributed by atoms with E-state index in [1.807, 2.05) is 17.0 Å². The largest absolute Gasteiger partial charge is 0.309 e. The zero-order valence-electron chi connectivity index (χ0n) is 9.99. The molecule has 1 aromatic heterocycles. The first-order chi connectivity index (χ1) is 8.69. The lowest BCUT2D eigenvalue weighted by Gasteiger charge is -2.16. The van der Waals surface area contributed by atoms with Crippen molar-refractivity contribution in [1.29, 1.82) is 0 Å². The van der Waals surface area contributed by atoms with E-state index >= 15 is 0 Å². The monoisotopic (exact) mass is 328 g/mol. The van der Waals surface area contributed by atoms with Crippen LogP contribution in [0.2, 0.25) is 0 Å². The maximum Gasteiger partial charge on any atom is 0.124 e. The SMILES string of the molecule is CCNC(Cc1cc(F)cc(Br)c1)c1cscn1. The number of benzene rings is 1. The summed E-state index contributed by atoms with van der Waals surface area (Å²) in [6.45, 7) is 2.92. The van der Waals surface area contributed by atoms with E-state index in [9.17, 15) is 4.39 Å². The van der Waals surface area contributed by atoms with Crippen LogP contribution in [0.5, 0.6) is 0 Å². The van der Waals surface area contributed by atoms with Gasteiger partial charge in [-0.05, 0) is 36.7 Å². The lowest BCUT2D eigenvalue weighted by atomic mass is 10.0. The van der Waals surface area contributed by atoms with Gasteiger partial charge in [0.15, 0.2) is 0 Å². The molecule has 0 aliphatic carbocycles. The van der Waals surface area contributed by atoms with Crippen molar-refractivity contribution < 1.29 is 4.39 Å². The molecular formula is C13H14BrFN2S. The summed E-state index contributed by atoms with van der Waals surface area (Å²) in [6.07, 6.45) is 0.730. The molecule has 5 heteroatoms. The molecule has 1 unspecified atom stereocenters. The van der Waals surface area contributed by atoms with Crippen LogP contribution in [0.15, 0.2) is 33.6 Å². The summed E-state index contributed by atoms with van der Waals surface area (Å²) in [4.78, 5) is 4.33. The molecule has 0 bridgehead atoms. The quantitative estimate of drug-likeness (QED) is 0.899. The van der Waals surface area contributed by atoms with Gasteiger partial charge < -0.3 is 5.32 Å². The van der Waals surface area contributed by atoms with Gasteiger partial charge in [-0.15, -0.1) is 11.3 Å². The van der Waals surface area contributed by atoms with E-state index in [2.05, 4.69) is 33.2 Å². The van der Waals surface area contributed by atoms with Crippen molar-refractivity contribution in [2.24, 2.45) is 0 Å². The minimum Gasteiger partial charge on any atom is -0.309 e. The molecule has 2 nitrogen and oxygen atoms in total. The number of aromatic nitrogens is 1. The Labute approximate surface area is 118 Å². The Kier molecular flexibility index (Phi) is 4.86. The predicted octanol–water partition coefficient (Wildman–Crippen LogP) is 3.94. The van der Waals surface area contributed by atoms with E-state index in [-0.39, 0.29) is 11.9 Å². The summed E-state index contributed by atoms with van der Waals surface area (Å²) >= 11 is 4.89. The van der Waals surface area contributed by atoms with Crippen LogP contribution in [-0.4, -0.2) is 11.5 Å². The highest BCUT2D eigenvalue weighted by Crippen LogP contribution is 2.22. The molecule has 0 aliphatic heterocycles. The number of nitrogens with one attached hydrogen (secondary N) is 1. The summed E-state index contributed by atoms with van der Waals surface area (Å²) in [5, 5.41) is 5.41. The summed E-state index contributed by atoms with van der Waals surface area (Å²) < 4.78 is 14.1. The molecule has 1 aromatic carbocycles. The number of rotatable bonds is 5. The third kappa shape index (κ3) is 3.60. The van der Waals surface area contributed by atoms with Crippen molar-refractivity contribution in [3.63, 3.8) is 0 Å². The van der Waals surface area contributed by atoms with Crippen LogP contribution >= 0.6 is 27.3 Å². The van der Waals surface area contributed by atoms with Crippen molar-refractivity contribution in [2.75, 3.05) is 6.54 Å². The van der Waals surface area contributed by atoms with Gasteiger partial charge in [0.2, 0.25) is 0 Å². The molecule has 2 rings (SSSR count). The summed E-state index contributed by atoms with van der Waals surface area (Å²) in [6, 6.07) is 5.12. The van der Waals surface area contributed by atoms with Crippen molar-refractivity contribution >= 4 is 27.3 Å². The first kappa shape index (κ1) is 13.6. The molecule has 96 valence electrons. The zero-order chi connectivity index (χ0) is 13.0. The van der Waals surface area contributed by atoms with Gasteiger partial charge in [-0.3, -0.25) is 0 Å². The Morgan fingerprint density at radius 2 is 2.28 bits per heavy atom. The smallest absolute Gasteiger partial charge is 0.124 e. The van der Waals surface area contributed by atoms with E-state index in [1.165, 1.54) is 6.07 Å². The molecule has 1 N–H and O–H groups in total. The summed E-state index contributed by atoms with van der Waals surface area (Å²) in [5.74, 6) is -0.215. The van der Waals surface area contributed by atoms with Crippen LogP contribution in [0.25, 0.3) is 0 Å². The highest BCUT2D eigenvalue weighted by Gasteiger charge is 2.13. The first-order valence-electron chi connectivity index (χ1n) is 5.75. The first-order valence-corrected chi connectivity index (χ1v) is 7.49. The Morgan fingerprint density at radius 1 is 1.44 bits per heavy atom. The Balaban J connectivity index is 2.18.